The summed E-state index contributed by atoms with van der Waals surface area (Å²) in [4.78, 5) is 15.1. The van der Waals surface area contributed by atoms with Crippen molar-refractivity contribution in [1.29, 1.82) is 0 Å². The van der Waals surface area contributed by atoms with Gasteiger partial charge >= 0.3 is 0 Å². The average molecular weight is 657 g/mol. The molecule has 0 atom stereocenters. The monoisotopic (exact) mass is 656 g/mol. The van der Waals surface area contributed by atoms with Gasteiger partial charge in [-0.1, -0.05) is 140 Å². The highest BCUT2D eigenvalue weighted by Crippen LogP contribution is 2.46. The number of fused-ring (bicyclic) bond motifs is 5. The molecule has 9 aromatic rings. The van der Waals surface area contributed by atoms with Crippen LogP contribution in [0.3, 0.4) is 0 Å². The second-order valence-corrected chi connectivity index (χ2v) is 12.4. The molecule has 0 spiro atoms. The van der Waals surface area contributed by atoms with Gasteiger partial charge in [-0.05, 0) is 48.4 Å². The number of allylic oxidation sites excluding steroid dienone is 1. The first-order valence-corrected chi connectivity index (χ1v) is 17.0. The van der Waals surface area contributed by atoms with Gasteiger partial charge in [0.1, 0.15) is 5.58 Å². The largest absolute Gasteiger partial charge is 0.453 e. The Kier molecular flexibility index (Phi) is 7.44. The Morgan fingerprint density at radius 3 is 1.73 bits per heavy atom. The molecule has 3 heterocycles. The molecule has 0 bridgehead atoms. The SMILES string of the molecule is C=Cc1c(/C=C\C)c2cc(-c3ccccc3)c3c4cccc(-c5nc(-c6ccccc6)nc(-c6ccccc6)n5)c4oc3c2n1-c1ccccc1. The molecule has 0 aliphatic heterocycles. The van der Waals surface area contributed by atoms with Crippen molar-refractivity contribution >= 4 is 45.0 Å². The second kappa shape index (κ2) is 12.6. The molecule has 3 aromatic heterocycles. The Morgan fingerprint density at radius 1 is 0.569 bits per heavy atom. The fourth-order valence-corrected chi connectivity index (χ4v) is 7.11. The van der Waals surface area contributed by atoms with Crippen molar-refractivity contribution in [3.8, 4) is 51.0 Å². The lowest BCUT2D eigenvalue weighted by Crippen LogP contribution is -2.00. The Balaban J connectivity index is 1.42. The van der Waals surface area contributed by atoms with Crippen LogP contribution in [0.2, 0.25) is 0 Å². The third-order valence-corrected chi connectivity index (χ3v) is 9.34. The summed E-state index contributed by atoms with van der Waals surface area (Å²) in [6, 6.07) is 49.6. The minimum Gasteiger partial charge on any atom is -0.453 e. The van der Waals surface area contributed by atoms with Gasteiger partial charge in [0.15, 0.2) is 23.1 Å². The van der Waals surface area contributed by atoms with Crippen LogP contribution in [-0.2, 0) is 0 Å². The van der Waals surface area contributed by atoms with Crippen LogP contribution >= 0.6 is 0 Å². The third-order valence-electron chi connectivity index (χ3n) is 9.34. The molecule has 9 rings (SSSR count). The number of aromatic nitrogens is 4. The maximum Gasteiger partial charge on any atom is 0.167 e. The van der Waals surface area contributed by atoms with Crippen LogP contribution in [0.15, 0.2) is 163 Å². The quantitative estimate of drug-likeness (QED) is 0.171. The van der Waals surface area contributed by atoms with Crippen molar-refractivity contribution in [2.75, 3.05) is 0 Å². The molecular weight excluding hydrogens is 625 g/mol. The Bertz CT molecular complexity index is 2690. The molecule has 0 saturated carbocycles. The second-order valence-electron chi connectivity index (χ2n) is 12.4. The molecule has 5 heteroatoms. The van der Waals surface area contributed by atoms with Crippen LogP contribution < -0.4 is 0 Å². The van der Waals surface area contributed by atoms with E-state index in [2.05, 4.69) is 90.0 Å². The molecule has 6 aromatic carbocycles. The summed E-state index contributed by atoms with van der Waals surface area (Å²) in [5.74, 6) is 1.75. The maximum atomic E-state index is 7.18. The van der Waals surface area contributed by atoms with Crippen LogP contribution in [0.4, 0.5) is 0 Å². The molecule has 0 aliphatic carbocycles. The van der Waals surface area contributed by atoms with E-state index in [1.54, 1.807) is 0 Å². The maximum absolute atomic E-state index is 7.18. The lowest BCUT2D eigenvalue weighted by atomic mass is 9.95. The Labute approximate surface area is 295 Å². The number of hydrogen-bond acceptors (Lipinski definition) is 4. The normalized spacial score (nSPS) is 11.6. The lowest BCUT2D eigenvalue weighted by molar-refractivity contribution is 0.671. The number of furan rings is 1. The molecule has 51 heavy (non-hydrogen) atoms. The van der Waals surface area contributed by atoms with Gasteiger partial charge in [-0.15, -0.1) is 0 Å². The summed E-state index contributed by atoms with van der Waals surface area (Å²) in [5.41, 5.74) is 10.4. The molecule has 0 N–H and O–H groups in total. The first kappa shape index (κ1) is 30.2. The van der Waals surface area contributed by atoms with Crippen molar-refractivity contribution < 1.29 is 4.42 Å². The van der Waals surface area contributed by atoms with Crippen molar-refractivity contribution in [2.24, 2.45) is 0 Å². The van der Waals surface area contributed by atoms with Gasteiger partial charge in [-0.25, -0.2) is 15.0 Å². The smallest absolute Gasteiger partial charge is 0.167 e. The molecule has 0 amide bonds. The van der Waals surface area contributed by atoms with Gasteiger partial charge in [-0.3, -0.25) is 0 Å². The highest BCUT2D eigenvalue weighted by Gasteiger charge is 2.26. The van der Waals surface area contributed by atoms with E-state index in [1.807, 2.05) is 91.9 Å². The standard InChI is InChI=1S/C46H32N4O/c1-3-18-34-38-29-37(30-19-9-5-10-20-30)40-35-27-17-28-36(42(35)51-43(40)41(38)50(39(34)4-2)33-25-15-8-16-26-33)46-48-44(31-21-11-6-12-22-31)47-45(49-46)32-23-13-7-14-24-32/h3-29H,2H2,1H3/b18-3-. The van der Waals surface area contributed by atoms with Crippen LogP contribution in [0, 0.1) is 0 Å². The summed E-state index contributed by atoms with van der Waals surface area (Å²) in [6.07, 6.45) is 6.18. The number of hydrogen-bond donors (Lipinski definition) is 0. The lowest BCUT2D eigenvalue weighted by Gasteiger charge is -2.10. The Morgan fingerprint density at radius 2 is 1.14 bits per heavy atom. The zero-order valence-electron chi connectivity index (χ0n) is 28.0. The van der Waals surface area contributed by atoms with Crippen molar-refractivity contribution in [2.45, 2.75) is 6.92 Å². The fourth-order valence-electron chi connectivity index (χ4n) is 7.11. The fraction of sp³-hybridized carbons (Fsp3) is 0.0217. The van der Waals surface area contributed by atoms with E-state index in [1.165, 1.54) is 0 Å². The summed E-state index contributed by atoms with van der Waals surface area (Å²) in [7, 11) is 0. The minimum atomic E-state index is 0.546. The molecular formula is C46H32N4O. The van der Waals surface area contributed by atoms with E-state index < -0.39 is 0 Å². The number of rotatable bonds is 7. The predicted molar refractivity (Wildman–Crippen MR) is 210 cm³/mol. The van der Waals surface area contributed by atoms with Crippen LogP contribution in [0.25, 0.3) is 96.0 Å². The molecule has 0 fully saturated rings. The molecule has 0 aliphatic rings. The summed E-state index contributed by atoms with van der Waals surface area (Å²) >= 11 is 0. The predicted octanol–water partition coefficient (Wildman–Crippen LogP) is 12.1. The number of para-hydroxylation sites is 2. The van der Waals surface area contributed by atoms with E-state index in [0.717, 1.165) is 77.6 Å². The molecule has 5 nitrogen and oxygen atoms in total. The van der Waals surface area contributed by atoms with E-state index in [-0.39, 0.29) is 0 Å². The highest BCUT2D eigenvalue weighted by atomic mass is 16.3. The molecule has 0 unspecified atom stereocenters. The summed E-state index contributed by atoms with van der Waals surface area (Å²) in [5, 5.41) is 3.10. The van der Waals surface area contributed by atoms with E-state index in [4.69, 9.17) is 19.4 Å². The zero-order valence-corrected chi connectivity index (χ0v) is 28.0. The highest BCUT2D eigenvalue weighted by molar-refractivity contribution is 6.23. The van der Waals surface area contributed by atoms with Crippen LogP contribution in [0.5, 0.6) is 0 Å². The van der Waals surface area contributed by atoms with Gasteiger partial charge in [0, 0.05) is 38.5 Å². The van der Waals surface area contributed by atoms with Gasteiger partial charge < -0.3 is 8.98 Å². The topological polar surface area (TPSA) is 56.7 Å². The van der Waals surface area contributed by atoms with Gasteiger partial charge in [0.05, 0.1) is 16.8 Å². The van der Waals surface area contributed by atoms with Gasteiger partial charge in [0.25, 0.3) is 0 Å². The first-order chi connectivity index (χ1) is 25.2. The van der Waals surface area contributed by atoms with Crippen LogP contribution in [0.1, 0.15) is 18.2 Å². The molecule has 0 radical (unpaired) electrons. The van der Waals surface area contributed by atoms with E-state index in [9.17, 15) is 0 Å². The third kappa shape index (κ3) is 5.06. The molecule has 0 saturated heterocycles. The minimum absolute atomic E-state index is 0.546. The first-order valence-electron chi connectivity index (χ1n) is 17.0. The summed E-state index contributed by atoms with van der Waals surface area (Å²) < 4.78 is 9.44. The summed E-state index contributed by atoms with van der Waals surface area (Å²) in [6.45, 7) is 6.32. The number of benzene rings is 6. The number of nitrogens with zero attached hydrogens (tertiary/aromatic N) is 4. The average Bonchev–Trinajstić information content (AvgIpc) is 3.75. The Hall–Kier alpha value is -6.85. The van der Waals surface area contributed by atoms with Gasteiger partial charge in [0.2, 0.25) is 0 Å². The van der Waals surface area contributed by atoms with Crippen molar-refractivity contribution in [3.05, 3.63) is 170 Å². The van der Waals surface area contributed by atoms with Crippen molar-refractivity contribution in [1.82, 2.24) is 19.5 Å². The van der Waals surface area contributed by atoms with E-state index in [0.29, 0.717) is 17.5 Å². The van der Waals surface area contributed by atoms with Crippen LogP contribution in [-0.4, -0.2) is 19.5 Å². The molecule has 242 valence electrons. The van der Waals surface area contributed by atoms with Crippen molar-refractivity contribution in [3.63, 3.8) is 0 Å². The zero-order chi connectivity index (χ0) is 34.3. The van der Waals surface area contributed by atoms with E-state index >= 15 is 0 Å². The van der Waals surface area contributed by atoms with Gasteiger partial charge in [-0.2, -0.15) is 0 Å².